The van der Waals surface area contributed by atoms with E-state index in [1.807, 2.05) is 25.1 Å². The van der Waals surface area contributed by atoms with Gasteiger partial charge in [0.05, 0.1) is 6.54 Å². The molecule has 1 atom stereocenters. The molecule has 1 unspecified atom stereocenters. The molecule has 1 aliphatic rings. The summed E-state index contributed by atoms with van der Waals surface area (Å²) in [5, 5.41) is 2.62. The minimum Gasteiger partial charge on any atom is -0.481 e. The third-order valence-electron chi connectivity index (χ3n) is 4.40. The summed E-state index contributed by atoms with van der Waals surface area (Å²) in [5.41, 5.74) is 5.62. The number of hydrazine groups is 1. The van der Waals surface area contributed by atoms with Crippen LogP contribution in [0.25, 0.3) is 0 Å². The Morgan fingerprint density at radius 1 is 1.15 bits per heavy atom. The number of carbonyl (C=O) groups excluding carboxylic acids is 3. The lowest BCUT2D eigenvalue weighted by Gasteiger charge is -2.20. The molecule has 0 radical (unpaired) electrons. The van der Waals surface area contributed by atoms with Gasteiger partial charge in [-0.05, 0) is 44.4 Å². The first-order valence-electron chi connectivity index (χ1n) is 9.05. The van der Waals surface area contributed by atoms with Crippen LogP contribution in [0.15, 0.2) is 24.3 Å². The number of aryl methyl sites for hydroxylation is 1. The van der Waals surface area contributed by atoms with E-state index in [1.54, 1.807) is 13.0 Å². The molecule has 2 rings (SSSR count). The Kier molecular flexibility index (Phi) is 7.44. The highest BCUT2D eigenvalue weighted by atomic mass is 16.5. The summed E-state index contributed by atoms with van der Waals surface area (Å²) in [6.07, 6.45) is 4.25. The van der Waals surface area contributed by atoms with Gasteiger partial charge in [-0.2, -0.15) is 0 Å². The topological polar surface area (TPSA) is 96.5 Å². The highest BCUT2D eigenvalue weighted by Gasteiger charge is 2.21. The van der Waals surface area contributed by atoms with Gasteiger partial charge in [-0.3, -0.25) is 25.2 Å². The number of nitrogens with one attached hydrogen (secondary N) is 3. The predicted molar refractivity (Wildman–Crippen MR) is 97.1 cm³/mol. The maximum atomic E-state index is 12.0. The van der Waals surface area contributed by atoms with Crippen molar-refractivity contribution >= 4 is 17.7 Å². The van der Waals surface area contributed by atoms with Gasteiger partial charge in [0.25, 0.3) is 11.8 Å². The maximum Gasteiger partial charge on any atom is 0.279 e. The lowest BCUT2D eigenvalue weighted by molar-refractivity contribution is -0.133. The third kappa shape index (κ3) is 6.38. The predicted octanol–water partition coefficient (Wildman–Crippen LogP) is 1.61. The zero-order valence-corrected chi connectivity index (χ0v) is 15.3. The van der Waals surface area contributed by atoms with E-state index in [-0.39, 0.29) is 18.4 Å². The molecule has 0 aromatic heterocycles. The fraction of sp³-hybridized carbons (Fsp3) is 0.526. The van der Waals surface area contributed by atoms with Gasteiger partial charge in [-0.1, -0.05) is 31.4 Å². The van der Waals surface area contributed by atoms with Crippen LogP contribution in [0.5, 0.6) is 5.75 Å². The minimum absolute atomic E-state index is 0.00566. The quantitative estimate of drug-likeness (QED) is 0.671. The van der Waals surface area contributed by atoms with Crippen LogP contribution in [-0.4, -0.2) is 30.4 Å². The van der Waals surface area contributed by atoms with Gasteiger partial charge in [-0.15, -0.1) is 0 Å². The normalized spacial score (nSPS) is 15.6. The fourth-order valence-corrected chi connectivity index (χ4v) is 2.90. The van der Waals surface area contributed by atoms with E-state index in [2.05, 4.69) is 16.2 Å². The van der Waals surface area contributed by atoms with E-state index in [1.165, 1.54) is 6.42 Å². The van der Waals surface area contributed by atoms with Crippen LogP contribution in [0.1, 0.15) is 44.6 Å². The summed E-state index contributed by atoms with van der Waals surface area (Å²) < 4.78 is 5.53. The van der Waals surface area contributed by atoms with E-state index in [0.717, 1.165) is 31.2 Å². The van der Waals surface area contributed by atoms with Crippen molar-refractivity contribution in [3.8, 4) is 5.75 Å². The summed E-state index contributed by atoms with van der Waals surface area (Å²) in [5.74, 6) is -0.473. The van der Waals surface area contributed by atoms with Crippen molar-refractivity contribution in [3.63, 3.8) is 0 Å². The fourth-order valence-electron chi connectivity index (χ4n) is 2.90. The van der Waals surface area contributed by atoms with Gasteiger partial charge in [-0.25, -0.2) is 0 Å². The second-order valence-corrected chi connectivity index (χ2v) is 6.67. The summed E-state index contributed by atoms with van der Waals surface area (Å²) >= 11 is 0. The van der Waals surface area contributed by atoms with Crippen molar-refractivity contribution in [2.75, 3.05) is 6.54 Å². The van der Waals surface area contributed by atoms with Gasteiger partial charge in [0.1, 0.15) is 5.75 Å². The smallest absolute Gasteiger partial charge is 0.279 e. The van der Waals surface area contributed by atoms with Crippen molar-refractivity contribution in [2.45, 2.75) is 52.1 Å². The van der Waals surface area contributed by atoms with Crippen molar-refractivity contribution in [3.05, 3.63) is 29.8 Å². The number of hydrogen-bond donors (Lipinski definition) is 3. The molecule has 142 valence electrons. The van der Waals surface area contributed by atoms with Gasteiger partial charge < -0.3 is 10.1 Å². The summed E-state index contributed by atoms with van der Waals surface area (Å²) in [7, 11) is 0. The highest BCUT2D eigenvalue weighted by molar-refractivity contribution is 5.88. The van der Waals surface area contributed by atoms with Gasteiger partial charge in [0, 0.05) is 5.92 Å². The van der Waals surface area contributed by atoms with Crippen LogP contribution in [0, 0.1) is 12.8 Å². The standard InChI is InChI=1S/C19H27N3O4/c1-13-7-6-10-16(11-13)26-14(2)18(24)22-21-17(23)12-20-19(25)15-8-4-3-5-9-15/h6-7,10-11,14-15H,3-5,8-9,12H2,1-2H3,(H,20,25)(H,21,23)(H,22,24). The summed E-state index contributed by atoms with van der Waals surface area (Å²) in [6, 6.07) is 7.35. The molecular weight excluding hydrogens is 334 g/mol. The van der Waals surface area contributed by atoms with Crippen LogP contribution in [-0.2, 0) is 14.4 Å². The first-order chi connectivity index (χ1) is 12.5. The van der Waals surface area contributed by atoms with Crippen molar-refractivity contribution in [1.82, 2.24) is 16.2 Å². The van der Waals surface area contributed by atoms with Gasteiger partial charge in [0.15, 0.2) is 6.10 Å². The third-order valence-corrected chi connectivity index (χ3v) is 4.40. The molecular formula is C19H27N3O4. The molecule has 1 aliphatic carbocycles. The average Bonchev–Trinajstić information content (AvgIpc) is 2.64. The molecule has 0 bridgehead atoms. The van der Waals surface area contributed by atoms with Crippen LogP contribution in [0.4, 0.5) is 0 Å². The molecule has 1 aromatic carbocycles. The Morgan fingerprint density at radius 3 is 2.58 bits per heavy atom. The molecule has 3 amide bonds. The average molecular weight is 361 g/mol. The number of carbonyl (C=O) groups is 3. The summed E-state index contributed by atoms with van der Waals surface area (Å²) in [4.78, 5) is 35.7. The van der Waals surface area contributed by atoms with Crippen molar-refractivity contribution in [1.29, 1.82) is 0 Å². The number of rotatable bonds is 6. The molecule has 7 heteroatoms. The molecule has 0 saturated heterocycles. The Bertz CT molecular complexity index is 641. The van der Waals surface area contributed by atoms with E-state index in [4.69, 9.17) is 4.74 Å². The molecule has 26 heavy (non-hydrogen) atoms. The van der Waals surface area contributed by atoms with Crippen LogP contribution in [0.3, 0.4) is 0 Å². The molecule has 1 aromatic rings. The van der Waals surface area contributed by atoms with Crippen molar-refractivity contribution in [2.24, 2.45) is 5.92 Å². The molecule has 7 nitrogen and oxygen atoms in total. The zero-order chi connectivity index (χ0) is 18.9. The first-order valence-corrected chi connectivity index (χ1v) is 9.05. The Labute approximate surface area is 153 Å². The number of ether oxygens (including phenoxy) is 1. The zero-order valence-electron chi connectivity index (χ0n) is 15.3. The Balaban J connectivity index is 1.67. The van der Waals surface area contributed by atoms with E-state index >= 15 is 0 Å². The second-order valence-electron chi connectivity index (χ2n) is 6.67. The SMILES string of the molecule is Cc1cccc(OC(C)C(=O)NNC(=O)CNC(=O)C2CCCCC2)c1. The minimum atomic E-state index is -0.770. The number of amides is 3. The van der Waals surface area contributed by atoms with Gasteiger partial charge >= 0.3 is 0 Å². The molecule has 1 fully saturated rings. The number of benzene rings is 1. The van der Waals surface area contributed by atoms with Crippen LogP contribution >= 0.6 is 0 Å². The molecule has 3 N–H and O–H groups in total. The van der Waals surface area contributed by atoms with Crippen molar-refractivity contribution < 1.29 is 19.1 Å². The lowest BCUT2D eigenvalue weighted by atomic mass is 9.89. The lowest BCUT2D eigenvalue weighted by Crippen LogP contribution is -2.50. The Morgan fingerprint density at radius 2 is 1.88 bits per heavy atom. The molecule has 0 spiro atoms. The second kappa shape index (κ2) is 9.79. The summed E-state index contributed by atoms with van der Waals surface area (Å²) in [6.45, 7) is 3.36. The first kappa shape index (κ1) is 19.8. The molecule has 0 heterocycles. The van der Waals surface area contributed by atoms with Crippen LogP contribution in [0.2, 0.25) is 0 Å². The van der Waals surface area contributed by atoms with Crippen LogP contribution < -0.4 is 20.9 Å². The molecule has 0 aliphatic heterocycles. The molecule has 1 saturated carbocycles. The van der Waals surface area contributed by atoms with E-state index in [0.29, 0.717) is 5.75 Å². The van der Waals surface area contributed by atoms with E-state index in [9.17, 15) is 14.4 Å². The highest BCUT2D eigenvalue weighted by Crippen LogP contribution is 2.23. The largest absolute Gasteiger partial charge is 0.481 e. The van der Waals surface area contributed by atoms with E-state index < -0.39 is 17.9 Å². The Hall–Kier alpha value is -2.57. The maximum absolute atomic E-state index is 12.0. The number of hydrogen-bond acceptors (Lipinski definition) is 4. The monoisotopic (exact) mass is 361 g/mol. The van der Waals surface area contributed by atoms with Gasteiger partial charge in [0.2, 0.25) is 5.91 Å².